The number of hydrogen-bond donors (Lipinski definition) is 3. The summed E-state index contributed by atoms with van der Waals surface area (Å²) in [7, 11) is 3.08. The number of carbonyl (C=O) groups excluding carboxylic acids is 2. The summed E-state index contributed by atoms with van der Waals surface area (Å²) in [5, 5.41) is 16.8. The Hall–Kier alpha value is -4.63. The Kier molecular flexibility index (Phi) is 9.19. The number of nitrogens with one attached hydrogen (secondary N) is 2. The van der Waals surface area contributed by atoms with Gasteiger partial charge in [0.15, 0.2) is 17.3 Å². The lowest BCUT2D eigenvalue weighted by atomic mass is 10.00. The molecule has 0 bridgehead atoms. The first-order valence-corrected chi connectivity index (χ1v) is 12.9. The molecule has 0 aliphatic carbocycles. The molecule has 1 unspecified atom stereocenters. The molecule has 40 heavy (non-hydrogen) atoms. The first-order valence-electron chi connectivity index (χ1n) is 12.9. The van der Waals surface area contributed by atoms with Crippen LogP contribution in [-0.2, 0) is 17.6 Å². The Morgan fingerprint density at radius 3 is 2.27 bits per heavy atom. The van der Waals surface area contributed by atoms with Gasteiger partial charge < -0.3 is 29.6 Å². The number of ether oxygens (including phenoxy) is 2. The van der Waals surface area contributed by atoms with Crippen LogP contribution < -0.4 is 25.5 Å². The van der Waals surface area contributed by atoms with E-state index in [2.05, 4.69) is 10.6 Å². The Balaban J connectivity index is 1.52. The molecule has 3 N–H and O–H groups in total. The van der Waals surface area contributed by atoms with E-state index in [0.717, 1.165) is 16.9 Å². The van der Waals surface area contributed by atoms with Crippen LogP contribution in [0.1, 0.15) is 27.2 Å². The van der Waals surface area contributed by atoms with Gasteiger partial charge in [0.2, 0.25) is 0 Å². The number of benzene rings is 3. The third kappa shape index (κ3) is 6.68. The Morgan fingerprint density at radius 1 is 0.925 bits per heavy atom. The maximum Gasteiger partial charge on any atom is 0.287 e. The minimum atomic E-state index is -1.56. The van der Waals surface area contributed by atoms with Crippen LogP contribution in [0.15, 0.2) is 82.0 Å². The molecule has 9 nitrogen and oxygen atoms in total. The maximum absolute atomic E-state index is 13.4. The minimum Gasteiger partial charge on any atom is -0.497 e. The fraction of sp³-hybridized carbons (Fsp3) is 0.258. The lowest BCUT2D eigenvalue weighted by Crippen LogP contribution is -2.52. The van der Waals surface area contributed by atoms with Crippen LogP contribution in [0.2, 0.25) is 0 Å². The predicted molar refractivity (Wildman–Crippen MR) is 151 cm³/mol. The highest BCUT2D eigenvalue weighted by Crippen LogP contribution is 2.21. The molecule has 208 valence electrons. The molecule has 0 aliphatic heterocycles. The van der Waals surface area contributed by atoms with Crippen molar-refractivity contribution in [3.05, 3.63) is 105 Å². The van der Waals surface area contributed by atoms with Crippen molar-refractivity contribution in [1.82, 2.24) is 10.6 Å². The first kappa shape index (κ1) is 28.4. The highest BCUT2D eigenvalue weighted by molar-refractivity contribution is 5.95. The molecular formula is C31H32N2O7. The second-order valence-corrected chi connectivity index (χ2v) is 9.35. The standard InChI is InChI=1S/C31H32N2O7/c1-19-27(34)24-14-13-23(39-3)18-26(24)40-29(19)31(37)33-25(17-21-7-5-4-6-8-21)28(35)30(36)32-16-15-20-9-11-22(38-2)12-10-20/h4-14,18,25,28,35H,15-17H2,1-3H3,(H,32,36)(H,33,37)/t25-,28?/m0/s1. The van der Waals surface area contributed by atoms with Crippen molar-refractivity contribution in [3.8, 4) is 11.5 Å². The monoisotopic (exact) mass is 544 g/mol. The quantitative estimate of drug-likeness (QED) is 0.265. The fourth-order valence-corrected chi connectivity index (χ4v) is 4.36. The summed E-state index contributed by atoms with van der Waals surface area (Å²) in [5.41, 5.74) is 1.75. The van der Waals surface area contributed by atoms with E-state index in [1.807, 2.05) is 54.6 Å². The van der Waals surface area contributed by atoms with E-state index >= 15 is 0 Å². The Bertz CT molecular complexity index is 1530. The molecule has 0 saturated carbocycles. The van der Waals surface area contributed by atoms with E-state index in [4.69, 9.17) is 13.9 Å². The molecule has 2 atom stereocenters. The number of carbonyl (C=O) groups is 2. The molecule has 4 aromatic rings. The molecule has 0 spiro atoms. The number of aliphatic hydroxyl groups is 1. The highest BCUT2D eigenvalue weighted by atomic mass is 16.5. The van der Waals surface area contributed by atoms with Crippen molar-refractivity contribution in [2.24, 2.45) is 0 Å². The van der Waals surface area contributed by atoms with Gasteiger partial charge in [-0.2, -0.15) is 0 Å². The number of aliphatic hydroxyl groups excluding tert-OH is 1. The predicted octanol–water partition coefficient (Wildman–Crippen LogP) is 3.18. The number of amides is 2. The normalized spacial score (nSPS) is 12.4. The zero-order chi connectivity index (χ0) is 28.6. The molecule has 1 aromatic heterocycles. The van der Waals surface area contributed by atoms with Crippen LogP contribution >= 0.6 is 0 Å². The third-order valence-electron chi connectivity index (χ3n) is 6.67. The summed E-state index contributed by atoms with van der Waals surface area (Å²) in [6.07, 6.45) is -0.847. The van der Waals surface area contributed by atoms with Crippen LogP contribution in [0, 0.1) is 6.92 Å². The molecule has 0 fully saturated rings. The van der Waals surface area contributed by atoms with Gasteiger partial charge in [-0.15, -0.1) is 0 Å². The summed E-state index contributed by atoms with van der Waals surface area (Å²) in [6.45, 7) is 1.79. The van der Waals surface area contributed by atoms with E-state index in [1.165, 1.54) is 20.1 Å². The van der Waals surface area contributed by atoms with E-state index in [1.54, 1.807) is 19.2 Å². The fourth-order valence-electron chi connectivity index (χ4n) is 4.36. The first-order chi connectivity index (χ1) is 19.3. The van der Waals surface area contributed by atoms with Gasteiger partial charge in [-0.3, -0.25) is 14.4 Å². The van der Waals surface area contributed by atoms with Gasteiger partial charge in [0.05, 0.1) is 25.6 Å². The van der Waals surface area contributed by atoms with Crippen molar-refractivity contribution < 1.29 is 28.6 Å². The number of methoxy groups -OCH3 is 2. The van der Waals surface area contributed by atoms with Crippen LogP contribution in [-0.4, -0.2) is 49.8 Å². The second kappa shape index (κ2) is 12.9. The van der Waals surface area contributed by atoms with Crippen molar-refractivity contribution in [1.29, 1.82) is 0 Å². The molecule has 9 heteroatoms. The van der Waals surface area contributed by atoms with Gasteiger partial charge in [-0.25, -0.2) is 0 Å². The van der Waals surface area contributed by atoms with E-state index < -0.39 is 24.0 Å². The zero-order valence-electron chi connectivity index (χ0n) is 22.6. The number of fused-ring (bicyclic) bond motifs is 1. The van der Waals surface area contributed by atoms with Gasteiger partial charge >= 0.3 is 0 Å². The molecule has 0 radical (unpaired) electrons. The molecule has 4 rings (SSSR count). The third-order valence-corrected chi connectivity index (χ3v) is 6.67. The number of rotatable bonds is 11. The summed E-state index contributed by atoms with van der Waals surface area (Å²) < 4.78 is 16.2. The van der Waals surface area contributed by atoms with Gasteiger partial charge in [-0.05, 0) is 55.2 Å². The number of hydrogen-bond acceptors (Lipinski definition) is 7. The molecule has 0 aliphatic rings. The smallest absolute Gasteiger partial charge is 0.287 e. The minimum absolute atomic E-state index is 0.118. The zero-order valence-corrected chi connectivity index (χ0v) is 22.6. The topological polar surface area (TPSA) is 127 Å². The average molecular weight is 545 g/mol. The summed E-state index contributed by atoms with van der Waals surface area (Å²) in [6, 6.07) is 20.4. The van der Waals surface area contributed by atoms with E-state index in [9.17, 15) is 19.5 Å². The van der Waals surface area contributed by atoms with Crippen molar-refractivity contribution in [2.45, 2.75) is 31.9 Å². The summed E-state index contributed by atoms with van der Waals surface area (Å²) >= 11 is 0. The highest BCUT2D eigenvalue weighted by Gasteiger charge is 2.30. The second-order valence-electron chi connectivity index (χ2n) is 9.35. The molecule has 2 amide bonds. The van der Waals surface area contributed by atoms with Crippen molar-refractivity contribution in [2.75, 3.05) is 20.8 Å². The maximum atomic E-state index is 13.4. The molecule has 3 aromatic carbocycles. The lowest BCUT2D eigenvalue weighted by Gasteiger charge is -2.24. The van der Waals surface area contributed by atoms with Crippen LogP contribution in [0.25, 0.3) is 11.0 Å². The SMILES string of the molecule is COc1ccc(CCNC(=O)C(O)[C@H](Cc2ccccc2)NC(=O)c2oc3cc(OC)ccc3c(=O)c2C)cc1. The van der Waals surface area contributed by atoms with Gasteiger partial charge in [-0.1, -0.05) is 42.5 Å². The lowest BCUT2D eigenvalue weighted by molar-refractivity contribution is -0.130. The largest absolute Gasteiger partial charge is 0.497 e. The summed E-state index contributed by atoms with van der Waals surface area (Å²) in [4.78, 5) is 39.2. The van der Waals surface area contributed by atoms with Gasteiger partial charge in [0.25, 0.3) is 11.8 Å². The molecule has 1 heterocycles. The Morgan fingerprint density at radius 2 is 1.60 bits per heavy atom. The van der Waals surface area contributed by atoms with Crippen molar-refractivity contribution in [3.63, 3.8) is 0 Å². The molecule has 0 saturated heterocycles. The average Bonchev–Trinajstić information content (AvgIpc) is 2.98. The van der Waals surface area contributed by atoms with Crippen LogP contribution in [0.3, 0.4) is 0 Å². The van der Waals surface area contributed by atoms with E-state index in [-0.39, 0.29) is 35.3 Å². The van der Waals surface area contributed by atoms with Gasteiger partial charge in [0.1, 0.15) is 17.1 Å². The summed E-state index contributed by atoms with van der Waals surface area (Å²) in [5.74, 6) is -0.341. The molecular weight excluding hydrogens is 512 g/mol. The van der Waals surface area contributed by atoms with Gasteiger partial charge in [0, 0.05) is 18.2 Å². The van der Waals surface area contributed by atoms with Crippen LogP contribution in [0.4, 0.5) is 0 Å². The van der Waals surface area contributed by atoms with Crippen molar-refractivity contribution >= 4 is 22.8 Å². The van der Waals surface area contributed by atoms with E-state index in [0.29, 0.717) is 17.6 Å². The Labute approximate surface area is 231 Å². The van der Waals surface area contributed by atoms with Crippen LogP contribution in [0.5, 0.6) is 11.5 Å².